The molecule has 0 aliphatic heterocycles. The van der Waals surface area contributed by atoms with Gasteiger partial charge in [-0.05, 0) is 30.7 Å². The first-order chi connectivity index (χ1) is 8.58. The summed E-state index contributed by atoms with van der Waals surface area (Å²) < 4.78 is 5.02. The zero-order valence-electron chi connectivity index (χ0n) is 9.77. The predicted octanol–water partition coefficient (Wildman–Crippen LogP) is 2.47. The molecule has 1 aromatic heterocycles. The van der Waals surface area contributed by atoms with E-state index in [9.17, 15) is 4.79 Å². The first-order valence-corrected chi connectivity index (χ1v) is 5.74. The second-order valence-corrected chi connectivity index (χ2v) is 4.27. The number of aryl methyl sites for hydroxylation is 1. The van der Waals surface area contributed by atoms with Crippen molar-refractivity contribution >= 4 is 28.8 Å². The van der Waals surface area contributed by atoms with Gasteiger partial charge < -0.3 is 15.5 Å². The van der Waals surface area contributed by atoms with Gasteiger partial charge in [0.1, 0.15) is 4.99 Å². The molecule has 1 aromatic carbocycles. The number of carbonyl (C=O) groups excluding carboxylic acids is 1. The largest absolute Gasteiger partial charge is 0.459 e. The summed E-state index contributed by atoms with van der Waals surface area (Å²) in [4.78, 5) is 12.1. The summed E-state index contributed by atoms with van der Waals surface area (Å²) in [5, 5.41) is 2.76. The zero-order chi connectivity index (χ0) is 13.1. The van der Waals surface area contributed by atoms with E-state index in [1.807, 2.05) is 19.1 Å². The normalized spacial score (nSPS) is 10.1. The molecule has 92 valence electrons. The van der Waals surface area contributed by atoms with E-state index >= 15 is 0 Å². The molecule has 3 N–H and O–H groups in total. The van der Waals surface area contributed by atoms with Crippen LogP contribution in [0.2, 0.25) is 0 Å². The van der Waals surface area contributed by atoms with Gasteiger partial charge in [-0.3, -0.25) is 4.79 Å². The average Bonchev–Trinajstić information content (AvgIpc) is 2.85. The molecule has 0 radical (unpaired) electrons. The Bertz CT molecular complexity index is 591. The molecule has 0 fully saturated rings. The van der Waals surface area contributed by atoms with Gasteiger partial charge in [-0.2, -0.15) is 0 Å². The lowest BCUT2D eigenvalue weighted by molar-refractivity contribution is 0.0996. The number of nitrogens with two attached hydrogens (primary N) is 1. The van der Waals surface area contributed by atoms with Crippen molar-refractivity contribution in [3.8, 4) is 0 Å². The molecular formula is C13H12N2O2S. The van der Waals surface area contributed by atoms with Crippen LogP contribution in [-0.2, 0) is 0 Å². The van der Waals surface area contributed by atoms with Crippen LogP contribution < -0.4 is 11.1 Å². The summed E-state index contributed by atoms with van der Waals surface area (Å²) in [6, 6.07) is 8.68. The van der Waals surface area contributed by atoms with E-state index in [0.29, 0.717) is 16.2 Å². The van der Waals surface area contributed by atoms with Gasteiger partial charge in [-0.15, -0.1) is 0 Å². The highest BCUT2D eigenvalue weighted by atomic mass is 32.1. The Morgan fingerprint density at radius 3 is 2.78 bits per heavy atom. The maximum Gasteiger partial charge on any atom is 0.291 e. The number of thiocarbonyl (C=S) groups is 1. The minimum absolute atomic E-state index is 0.259. The SMILES string of the molecule is Cc1ccc(C(N)=S)cc1NC(=O)c1ccco1. The molecule has 2 aromatic rings. The van der Waals surface area contributed by atoms with E-state index in [1.165, 1.54) is 6.26 Å². The van der Waals surface area contributed by atoms with Crippen molar-refractivity contribution in [3.05, 3.63) is 53.5 Å². The molecule has 1 amide bonds. The van der Waals surface area contributed by atoms with Crippen molar-refractivity contribution in [2.45, 2.75) is 6.92 Å². The van der Waals surface area contributed by atoms with E-state index in [-0.39, 0.29) is 11.7 Å². The monoisotopic (exact) mass is 260 g/mol. The average molecular weight is 260 g/mol. The summed E-state index contributed by atoms with van der Waals surface area (Å²) in [6.07, 6.45) is 1.45. The minimum atomic E-state index is -0.303. The summed E-state index contributed by atoms with van der Waals surface area (Å²) in [5.41, 5.74) is 7.87. The highest BCUT2D eigenvalue weighted by Crippen LogP contribution is 2.18. The second kappa shape index (κ2) is 5.01. The van der Waals surface area contributed by atoms with E-state index in [0.717, 1.165) is 5.56 Å². The van der Waals surface area contributed by atoms with Gasteiger partial charge in [0.15, 0.2) is 5.76 Å². The van der Waals surface area contributed by atoms with Crippen LogP contribution in [0.1, 0.15) is 21.7 Å². The van der Waals surface area contributed by atoms with Crippen molar-refractivity contribution in [2.75, 3.05) is 5.32 Å². The van der Waals surface area contributed by atoms with Crippen LogP contribution in [0.5, 0.6) is 0 Å². The number of hydrogen-bond donors (Lipinski definition) is 2. The molecule has 5 heteroatoms. The standard InChI is InChI=1S/C13H12N2O2S/c1-8-4-5-9(12(14)18)7-10(8)15-13(16)11-3-2-6-17-11/h2-7H,1H3,(H2,14,18)(H,15,16). The van der Waals surface area contributed by atoms with Gasteiger partial charge in [0.05, 0.1) is 6.26 Å². The third-order valence-corrected chi connectivity index (χ3v) is 2.75. The van der Waals surface area contributed by atoms with Gasteiger partial charge in [-0.25, -0.2) is 0 Å². The van der Waals surface area contributed by atoms with Crippen LogP contribution in [-0.4, -0.2) is 10.9 Å². The van der Waals surface area contributed by atoms with Crippen LogP contribution in [0.25, 0.3) is 0 Å². The smallest absolute Gasteiger partial charge is 0.291 e. The Morgan fingerprint density at radius 1 is 1.39 bits per heavy atom. The highest BCUT2D eigenvalue weighted by Gasteiger charge is 2.10. The number of carbonyl (C=O) groups is 1. The topological polar surface area (TPSA) is 68.3 Å². The molecule has 0 unspecified atom stereocenters. The van der Waals surface area contributed by atoms with Crippen molar-refractivity contribution in [1.82, 2.24) is 0 Å². The molecule has 0 spiro atoms. The van der Waals surface area contributed by atoms with Crippen LogP contribution in [0, 0.1) is 6.92 Å². The molecule has 0 saturated heterocycles. The van der Waals surface area contributed by atoms with Gasteiger partial charge in [0.25, 0.3) is 5.91 Å². The Balaban J connectivity index is 2.26. The molecule has 0 aliphatic carbocycles. The van der Waals surface area contributed by atoms with E-state index in [4.69, 9.17) is 22.4 Å². The number of hydrogen-bond acceptors (Lipinski definition) is 3. The first-order valence-electron chi connectivity index (χ1n) is 5.33. The summed E-state index contributed by atoms with van der Waals surface area (Å²) in [5.74, 6) is -0.0432. The molecule has 0 bridgehead atoms. The number of benzene rings is 1. The minimum Gasteiger partial charge on any atom is -0.459 e. The Kier molecular flexibility index (Phi) is 3.43. The number of rotatable bonds is 3. The molecule has 0 atom stereocenters. The number of nitrogens with one attached hydrogen (secondary N) is 1. The molecule has 18 heavy (non-hydrogen) atoms. The van der Waals surface area contributed by atoms with Crippen molar-refractivity contribution in [1.29, 1.82) is 0 Å². The van der Waals surface area contributed by atoms with Crippen LogP contribution >= 0.6 is 12.2 Å². The maximum absolute atomic E-state index is 11.8. The fourth-order valence-corrected chi connectivity index (χ4v) is 1.63. The lowest BCUT2D eigenvalue weighted by Crippen LogP contribution is -2.14. The molecular weight excluding hydrogens is 248 g/mol. The van der Waals surface area contributed by atoms with E-state index in [2.05, 4.69) is 5.32 Å². The van der Waals surface area contributed by atoms with Gasteiger partial charge in [0, 0.05) is 11.3 Å². The van der Waals surface area contributed by atoms with Crippen LogP contribution in [0.15, 0.2) is 41.0 Å². The fourth-order valence-electron chi connectivity index (χ4n) is 1.50. The lowest BCUT2D eigenvalue weighted by Gasteiger charge is -2.09. The third kappa shape index (κ3) is 2.57. The molecule has 0 aliphatic rings. The maximum atomic E-state index is 11.8. The van der Waals surface area contributed by atoms with E-state index < -0.39 is 0 Å². The Labute approximate surface area is 110 Å². The Morgan fingerprint density at radius 2 is 2.17 bits per heavy atom. The number of amides is 1. The second-order valence-electron chi connectivity index (χ2n) is 3.83. The van der Waals surface area contributed by atoms with Crippen molar-refractivity contribution in [3.63, 3.8) is 0 Å². The quantitative estimate of drug-likeness (QED) is 0.832. The molecule has 4 nitrogen and oxygen atoms in total. The molecule has 2 rings (SSSR count). The lowest BCUT2D eigenvalue weighted by atomic mass is 10.1. The summed E-state index contributed by atoms with van der Waals surface area (Å²) in [6.45, 7) is 1.89. The van der Waals surface area contributed by atoms with Crippen molar-refractivity contribution < 1.29 is 9.21 Å². The van der Waals surface area contributed by atoms with Crippen LogP contribution in [0.3, 0.4) is 0 Å². The van der Waals surface area contributed by atoms with Gasteiger partial charge >= 0.3 is 0 Å². The zero-order valence-corrected chi connectivity index (χ0v) is 10.6. The van der Waals surface area contributed by atoms with Crippen molar-refractivity contribution in [2.24, 2.45) is 5.73 Å². The molecule has 0 saturated carbocycles. The van der Waals surface area contributed by atoms with Crippen LogP contribution in [0.4, 0.5) is 5.69 Å². The Hall–Kier alpha value is -2.14. The predicted molar refractivity (Wildman–Crippen MR) is 73.7 cm³/mol. The number of anilines is 1. The van der Waals surface area contributed by atoms with E-state index in [1.54, 1.807) is 18.2 Å². The third-order valence-electron chi connectivity index (χ3n) is 2.52. The first kappa shape index (κ1) is 12.3. The molecule has 1 heterocycles. The van der Waals surface area contributed by atoms with Gasteiger partial charge in [-0.1, -0.05) is 24.4 Å². The highest BCUT2D eigenvalue weighted by molar-refractivity contribution is 7.80. The number of furan rings is 1. The summed E-state index contributed by atoms with van der Waals surface area (Å²) >= 11 is 4.90. The summed E-state index contributed by atoms with van der Waals surface area (Å²) in [7, 11) is 0. The van der Waals surface area contributed by atoms with Gasteiger partial charge in [0.2, 0.25) is 0 Å². The fraction of sp³-hybridized carbons (Fsp3) is 0.0769.